The molecule has 0 amide bonds. The van der Waals surface area contributed by atoms with Crippen molar-refractivity contribution in [1.82, 2.24) is 10.2 Å². The molecule has 1 aliphatic rings. The summed E-state index contributed by atoms with van der Waals surface area (Å²) >= 11 is 6.44. The largest absolute Gasteiger partial charge is 0.369 e. The summed E-state index contributed by atoms with van der Waals surface area (Å²) in [5, 5.41) is 17.6. The van der Waals surface area contributed by atoms with E-state index in [1.807, 2.05) is 54.6 Å². The first-order chi connectivity index (χ1) is 15.6. The van der Waals surface area contributed by atoms with Crippen molar-refractivity contribution in [2.75, 3.05) is 6.26 Å². The molecule has 1 heterocycles. The lowest BCUT2D eigenvalue weighted by Crippen LogP contribution is -2.24. The predicted molar refractivity (Wildman–Crippen MR) is 130 cm³/mol. The molecule has 5 N–H and O–H groups in total. The molecule has 172 valence electrons. The van der Waals surface area contributed by atoms with Crippen LogP contribution in [0.15, 0.2) is 71.0 Å². The highest BCUT2D eigenvalue weighted by molar-refractivity contribution is 7.85. The minimum atomic E-state index is -3.67. The molecule has 3 aromatic rings. The van der Waals surface area contributed by atoms with E-state index in [0.717, 1.165) is 38.7 Å². The Bertz CT molecular complexity index is 1280. The van der Waals surface area contributed by atoms with Crippen LogP contribution < -0.4 is 11.5 Å². The summed E-state index contributed by atoms with van der Waals surface area (Å²) < 4.78 is 25.9. The Morgan fingerprint density at radius 2 is 1.73 bits per heavy atom. The summed E-state index contributed by atoms with van der Waals surface area (Å²) in [5.74, 6) is 0.0339. The van der Waals surface area contributed by atoms with Crippen LogP contribution in [-0.4, -0.2) is 41.1 Å². The van der Waals surface area contributed by atoms with Crippen LogP contribution in [0.3, 0.4) is 0 Å². The molecule has 33 heavy (non-hydrogen) atoms. The molecule has 0 aliphatic heterocycles. The van der Waals surface area contributed by atoms with Gasteiger partial charge in [-0.25, -0.2) is 0 Å². The molecule has 0 saturated heterocycles. The molecular formula is C22H23ClN6O3S. The normalized spacial score (nSPS) is 16.3. The first-order valence-corrected chi connectivity index (χ1v) is 12.1. The number of halogens is 1. The van der Waals surface area contributed by atoms with Gasteiger partial charge >= 0.3 is 0 Å². The van der Waals surface area contributed by atoms with Crippen molar-refractivity contribution >= 4 is 33.4 Å². The van der Waals surface area contributed by atoms with Crippen molar-refractivity contribution in [1.29, 1.82) is 0 Å². The maximum Gasteiger partial charge on any atom is 0.261 e. The van der Waals surface area contributed by atoms with Gasteiger partial charge in [0.15, 0.2) is 0 Å². The zero-order valence-corrected chi connectivity index (χ0v) is 19.3. The quantitative estimate of drug-likeness (QED) is 0.222. The first-order valence-electron chi connectivity index (χ1n) is 9.86. The third kappa shape index (κ3) is 6.82. The van der Waals surface area contributed by atoms with E-state index < -0.39 is 10.1 Å². The van der Waals surface area contributed by atoms with Crippen molar-refractivity contribution in [2.24, 2.45) is 21.7 Å². The van der Waals surface area contributed by atoms with Crippen molar-refractivity contribution in [3.63, 3.8) is 0 Å². The molecule has 0 fully saturated rings. The second-order valence-electron chi connectivity index (χ2n) is 7.38. The summed E-state index contributed by atoms with van der Waals surface area (Å²) in [6, 6.07) is 17.9. The Morgan fingerprint density at radius 3 is 2.36 bits per heavy atom. The molecule has 1 unspecified atom stereocenters. The minimum Gasteiger partial charge on any atom is -0.369 e. The summed E-state index contributed by atoms with van der Waals surface area (Å²) in [6.07, 6.45) is 3.84. The van der Waals surface area contributed by atoms with Crippen LogP contribution in [0.1, 0.15) is 29.2 Å². The molecule has 0 saturated carbocycles. The van der Waals surface area contributed by atoms with Gasteiger partial charge in [-0.1, -0.05) is 60.1 Å². The van der Waals surface area contributed by atoms with E-state index in [1.165, 1.54) is 0 Å². The summed E-state index contributed by atoms with van der Waals surface area (Å²) in [7, 11) is -3.67. The highest BCUT2D eigenvalue weighted by Crippen LogP contribution is 2.38. The highest BCUT2D eigenvalue weighted by atomic mass is 35.5. The van der Waals surface area contributed by atoms with Crippen molar-refractivity contribution in [2.45, 2.75) is 18.8 Å². The zero-order chi connectivity index (χ0) is 24.0. The van der Waals surface area contributed by atoms with E-state index in [4.69, 9.17) is 27.6 Å². The van der Waals surface area contributed by atoms with E-state index >= 15 is 0 Å². The molecule has 0 spiro atoms. The van der Waals surface area contributed by atoms with Crippen molar-refractivity contribution < 1.29 is 13.0 Å². The lowest BCUT2D eigenvalue weighted by atomic mass is 9.79. The maximum absolute atomic E-state index is 9.19. The van der Waals surface area contributed by atoms with Crippen LogP contribution in [0.2, 0.25) is 5.02 Å². The van der Waals surface area contributed by atoms with Crippen LogP contribution in [0, 0.1) is 0 Å². The summed E-state index contributed by atoms with van der Waals surface area (Å²) in [6.45, 7) is 0. The third-order valence-electron chi connectivity index (χ3n) is 4.81. The standard InChI is InChI=1S/C21H19ClN6.CH4O3S/c22-17-9-5-4-8-15(17)14-10-18-20(19(11-14)27-28-21(23)24)16(12-25-26-18)13-6-2-1-3-7-13;1-5(2,3)4/h1-9,12,14H,10-11H2,(H4,23,24,28);1H3,(H,2,3,4)/b27-19+;. The Kier molecular flexibility index (Phi) is 7.75. The molecule has 1 aromatic heterocycles. The number of aromatic nitrogens is 2. The third-order valence-corrected chi connectivity index (χ3v) is 5.15. The zero-order valence-electron chi connectivity index (χ0n) is 17.8. The Balaban J connectivity index is 0.000000555. The summed E-state index contributed by atoms with van der Waals surface area (Å²) in [4.78, 5) is 0. The average Bonchev–Trinajstić information content (AvgIpc) is 2.76. The van der Waals surface area contributed by atoms with Gasteiger partial charge in [0, 0.05) is 16.1 Å². The molecular weight excluding hydrogens is 464 g/mol. The number of fused-ring (bicyclic) bond motifs is 1. The van der Waals surface area contributed by atoms with Crippen LogP contribution in [0.25, 0.3) is 11.1 Å². The SMILES string of the molecule is CS(=O)(=O)O.NC(N)=N/N=C1\CC(c2ccccc2Cl)Cc2nncc(-c3ccccc3)c21. The van der Waals surface area contributed by atoms with Gasteiger partial charge in [-0.05, 0) is 36.0 Å². The smallest absolute Gasteiger partial charge is 0.261 e. The van der Waals surface area contributed by atoms with Crippen LogP contribution >= 0.6 is 11.6 Å². The fourth-order valence-corrected chi connectivity index (χ4v) is 3.89. The molecule has 9 nitrogen and oxygen atoms in total. The predicted octanol–water partition coefficient (Wildman–Crippen LogP) is 3.01. The maximum atomic E-state index is 9.19. The number of hydrogen-bond acceptors (Lipinski definition) is 6. The number of rotatable bonds is 3. The fourth-order valence-electron chi connectivity index (χ4n) is 3.60. The van der Waals surface area contributed by atoms with Gasteiger partial charge in [-0.3, -0.25) is 4.55 Å². The lowest BCUT2D eigenvalue weighted by molar-refractivity contribution is 0.490. The van der Waals surface area contributed by atoms with E-state index in [2.05, 4.69) is 20.4 Å². The lowest BCUT2D eigenvalue weighted by Gasteiger charge is -2.27. The van der Waals surface area contributed by atoms with Crippen LogP contribution in [0.4, 0.5) is 0 Å². The molecule has 1 atom stereocenters. The van der Waals surface area contributed by atoms with Gasteiger partial charge in [0.2, 0.25) is 5.96 Å². The van der Waals surface area contributed by atoms with Gasteiger partial charge in [0.1, 0.15) is 0 Å². The van der Waals surface area contributed by atoms with E-state index in [1.54, 1.807) is 6.20 Å². The minimum absolute atomic E-state index is 0.0859. The fraction of sp³-hybridized carbons (Fsp3) is 0.182. The van der Waals surface area contributed by atoms with Gasteiger partial charge in [-0.2, -0.15) is 23.7 Å². The second-order valence-corrected chi connectivity index (χ2v) is 9.25. The molecule has 2 aromatic carbocycles. The Labute approximate surface area is 197 Å². The van der Waals surface area contributed by atoms with Crippen LogP contribution in [0.5, 0.6) is 0 Å². The number of nitrogens with zero attached hydrogens (tertiary/aromatic N) is 4. The monoisotopic (exact) mass is 486 g/mol. The Hall–Kier alpha value is -3.34. The second kappa shape index (κ2) is 10.5. The van der Waals surface area contributed by atoms with Gasteiger partial charge in [0.25, 0.3) is 10.1 Å². The van der Waals surface area contributed by atoms with Crippen molar-refractivity contribution in [3.8, 4) is 11.1 Å². The first kappa shape index (κ1) is 24.3. The van der Waals surface area contributed by atoms with E-state index in [-0.39, 0.29) is 11.9 Å². The molecule has 0 radical (unpaired) electrons. The van der Waals surface area contributed by atoms with E-state index in [0.29, 0.717) is 19.1 Å². The number of hydrogen-bond donors (Lipinski definition) is 3. The van der Waals surface area contributed by atoms with Gasteiger partial charge in [0.05, 0.1) is 23.9 Å². The molecule has 1 aliphatic carbocycles. The molecule has 4 rings (SSSR count). The van der Waals surface area contributed by atoms with Gasteiger partial charge in [-0.15, -0.1) is 5.10 Å². The topological polar surface area (TPSA) is 157 Å². The molecule has 11 heteroatoms. The Morgan fingerprint density at radius 1 is 1.09 bits per heavy atom. The number of guanidine groups is 1. The number of benzene rings is 2. The highest BCUT2D eigenvalue weighted by Gasteiger charge is 2.30. The van der Waals surface area contributed by atoms with Crippen molar-refractivity contribution in [3.05, 3.63) is 82.6 Å². The summed E-state index contributed by atoms with van der Waals surface area (Å²) in [5.41, 5.74) is 16.7. The average molecular weight is 487 g/mol. The van der Waals surface area contributed by atoms with Gasteiger partial charge < -0.3 is 11.5 Å². The molecule has 0 bridgehead atoms. The van der Waals surface area contributed by atoms with E-state index in [9.17, 15) is 8.42 Å². The van der Waals surface area contributed by atoms with Crippen LogP contribution in [-0.2, 0) is 16.5 Å². The number of nitrogens with two attached hydrogens (primary N) is 2.